The first-order valence-electron chi connectivity index (χ1n) is 10.9. The molecule has 4 heterocycles. The van der Waals surface area contributed by atoms with Gasteiger partial charge in [-0.25, -0.2) is 23.5 Å². The van der Waals surface area contributed by atoms with Crippen LogP contribution >= 0.6 is 0 Å². The Labute approximate surface area is 198 Å². The molecule has 1 N–H and O–H groups in total. The molecule has 0 radical (unpaired) electrons. The van der Waals surface area contributed by atoms with Gasteiger partial charge < -0.3 is 19.3 Å². The molecule has 0 amide bonds. The van der Waals surface area contributed by atoms with Gasteiger partial charge in [-0.2, -0.15) is 4.98 Å². The summed E-state index contributed by atoms with van der Waals surface area (Å²) >= 11 is 0. The van der Waals surface area contributed by atoms with Gasteiger partial charge in [0.1, 0.15) is 34.6 Å². The first-order chi connectivity index (χ1) is 16.9. The number of ether oxygens (including phenoxy) is 1. The maximum Gasteiger partial charge on any atom is 0.351 e. The van der Waals surface area contributed by atoms with Gasteiger partial charge in [-0.1, -0.05) is 12.6 Å². The second-order valence-corrected chi connectivity index (χ2v) is 8.07. The van der Waals surface area contributed by atoms with E-state index >= 15 is 4.39 Å². The zero-order valence-corrected chi connectivity index (χ0v) is 18.9. The molecular weight excluding hydrogens is 458 g/mol. The topological polar surface area (TPSA) is 98.3 Å². The van der Waals surface area contributed by atoms with Gasteiger partial charge in [0.25, 0.3) is 0 Å². The third kappa shape index (κ3) is 3.83. The Bertz CT molecular complexity index is 1490. The van der Waals surface area contributed by atoms with Crippen LogP contribution in [0, 0.1) is 11.6 Å². The van der Waals surface area contributed by atoms with Crippen LogP contribution in [0.25, 0.3) is 28.4 Å². The number of nitrogens with zero attached hydrogens (tertiary/aromatic N) is 6. The molecule has 0 atom stereocenters. The van der Waals surface area contributed by atoms with E-state index in [9.17, 15) is 14.3 Å². The largest absolute Gasteiger partial charge is 0.507 e. The van der Waals surface area contributed by atoms with Gasteiger partial charge in [0.2, 0.25) is 0 Å². The minimum atomic E-state index is -0.853. The van der Waals surface area contributed by atoms with Crippen molar-refractivity contribution in [3.8, 4) is 17.0 Å². The first-order valence-corrected chi connectivity index (χ1v) is 10.9. The van der Waals surface area contributed by atoms with E-state index in [4.69, 9.17) is 4.74 Å². The molecule has 11 heteroatoms. The zero-order valence-electron chi connectivity index (χ0n) is 18.9. The average molecular weight is 480 g/mol. The highest BCUT2D eigenvalue weighted by atomic mass is 19.1. The van der Waals surface area contributed by atoms with Crippen molar-refractivity contribution in [2.75, 3.05) is 25.2 Å². The second kappa shape index (κ2) is 8.91. The highest BCUT2D eigenvalue weighted by Gasteiger charge is 2.26. The lowest BCUT2D eigenvalue weighted by Crippen LogP contribution is -2.37. The van der Waals surface area contributed by atoms with Gasteiger partial charge in [0.05, 0.1) is 42.5 Å². The summed E-state index contributed by atoms with van der Waals surface area (Å²) in [7, 11) is 1.49. The van der Waals surface area contributed by atoms with E-state index in [1.54, 1.807) is 12.3 Å². The van der Waals surface area contributed by atoms with Crippen molar-refractivity contribution in [1.82, 2.24) is 24.1 Å². The fourth-order valence-corrected chi connectivity index (χ4v) is 4.35. The molecule has 1 aromatic carbocycles. The number of fused-ring (bicyclic) bond motifs is 2. The summed E-state index contributed by atoms with van der Waals surface area (Å²) in [6.45, 7) is 5.52. The number of aromatic hydroxyl groups is 1. The van der Waals surface area contributed by atoms with E-state index in [0.717, 1.165) is 17.6 Å². The molecule has 4 aromatic rings. The molecule has 3 aromatic heterocycles. The van der Waals surface area contributed by atoms with Crippen molar-refractivity contribution in [3.63, 3.8) is 0 Å². The van der Waals surface area contributed by atoms with Crippen LogP contribution in [0.4, 0.5) is 14.6 Å². The van der Waals surface area contributed by atoms with Gasteiger partial charge in [-0.15, -0.1) is 0 Å². The third-order valence-electron chi connectivity index (χ3n) is 6.03. The molecule has 0 saturated heterocycles. The van der Waals surface area contributed by atoms with Crippen molar-refractivity contribution in [3.05, 3.63) is 70.7 Å². The molecule has 0 aliphatic carbocycles. The number of aromatic nitrogens is 5. The molecule has 0 fully saturated rings. The lowest BCUT2D eigenvalue weighted by atomic mass is 10.1. The molecule has 35 heavy (non-hydrogen) atoms. The summed E-state index contributed by atoms with van der Waals surface area (Å²) < 4.78 is 38.3. The van der Waals surface area contributed by atoms with E-state index in [1.807, 2.05) is 9.47 Å². The predicted molar refractivity (Wildman–Crippen MR) is 126 cm³/mol. The molecule has 0 spiro atoms. The minimum absolute atomic E-state index is 0.107. The number of imidazole rings is 1. The molecule has 0 saturated carbocycles. The number of hydrogen-bond donors (Lipinski definition) is 1. The molecular formula is C24H22F2N6O3. The second-order valence-electron chi connectivity index (χ2n) is 8.07. The summed E-state index contributed by atoms with van der Waals surface area (Å²) in [6.07, 6.45) is 3.39. The summed E-state index contributed by atoms with van der Waals surface area (Å²) in [6, 6.07) is 4.83. The Morgan fingerprint density at radius 1 is 1.23 bits per heavy atom. The molecule has 1 aliphatic rings. The lowest BCUT2D eigenvalue weighted by Gasteiger charge is -2.30. The van der Waals surface area contributed by atoms with Crippen molar-refractivity contribution >= 4 is 22.9 Å². The quantitative estimate of drug-likeness (QED) is 0.453. The summed E-state index contributed by atoms with van der Waals surface area (Å²) in [5.41, 5.74) is -0.371. The normalized spacial score (nSPS) is 13.3. The standard InChI is InChI=1S/C24H22F2N6O3/c1-3-19-27-12-14-13-30(7-8-31(14)19)22-15-11-17(26)21(20-16(25)5-4-6-18(20)33)28-23(15)32(9-10-35-2)24(34)29-22/h3-6,11-12,33H,1,7-10,13H2,2H3. The number of anilines is 1. The Balaban J connectivity index is 1.71. The van der Waals surface area contributed by atoms with E-state index in [-0.39, 0.29) is 35.6 Å². The van der Waals surface area contributed by atoms with Gasteiger partial charge in [-0.05, 0) is 24.3 Å². The lowest BCUT2D eigenvalue weighted by molar-refractivity contribution is 0.187. The van der Waals surface area contributed by atoms with Crippen LogP contribution in [0.3, 0.4) is 0 Å². The first kappa shape index (κ1) is 22.7. The summed E-state index contributed by atoms with van der Waals surface area (Å²) in [5, 5.41) is 10.5. The van der Waals surface area contributed by atoms with Crippen molar-refractivity contribution in [2.45, 2.75) is 19.6 Å². The van der Waals surface area contributed by atoms with Crippen LogP contribution in [0.15, 0.2) is 41.8 Å². The summed E-state index contributed by atoms with van der Waals surface area (Å²) in [5.74, 6) is -1.14. The number of rotatable bonds is 6. The third-order valence-corrected chi connectivity index (χ3v) is 6.03. The molecule has 9 nitrogen and oxygen atoms in total. The van der Waals surface area contributed by atoms with Crippen molar-refractivity contribution in [1.29, 1.82) is 0 Å². The molecule has 5 rings (SSSR count). The number of methoxy groups -OCH3 is 1. The highest BCUT2D eigenvalue weighted by Crippen LogP contribution is 2.35. The van der Waals surface area contributed by atoms with Gasteiger partial charge >= 0.3 is 5.69 Å². The number of pyridine rings is 1. The van der Waals surface area contributed by atoms with Crippen molar-refractivity contribution in [2.24, 2.45) is 0 Å². The van der Waals surface area contributed by atoms with Crippen LogP contribution < -0.4 is 10.6 Å². The fraction of sp³-hybridized carbons (Fsp3) is 0.250. The van der Waals surface area contributed by atoms with E-state index in [1.165, 1.54) is 29.9 Å². The van der Waals surface area contributed by atoms with Crippen LogP contribution in [0.2, 0.25) is 0 Å². The zero-order chi connectivity index (χ0) is 24.7. The van der Waals surface area contributed by atoms with Gasteiger partial charge in [0, 0.05) is 20.2 Å². The Morgan fingerprint density at radius 2 is 2.06 bits per heavy atom. The minimum Gasteiger partial charge on any atom is -0.507 e. The monoisotopic (exact) mass is 480 g/mol. The van der Waals surface area contributed by atoms with Crippen molar-refractivity contribution < 1.29 is 18.6 Å². The molecule has 1 aliphatic heterocycles. The number of halogens is 2. The maximum atomic E-state index is 15.4. The average Bonchev–Trinajstić information content (AvgIpc) is 3.26. The number of phenolic OH excluding ortho intramolecular Hbond substituents is 1. The molecule has 180 valence electrons. The Morgan fingerprint density at radius 3 is 2.80 bits per heavy atom. The Hall–Kier alpha value is -4.12. The highest BCUT2D eigenvalue weighted by molar-refractivity contribution is 5.89. The number of hydrogen-bond acceptors (Lipinski definition) is 7. The van der Waals surface area contributed by atoms with E-state index in [0.29, 0.717) is 19.6 Å². The molecule has 0 unspecified atom stereocenters. The van der Waals surface area contributed by atoms with Gasteiger partial charge in [0.15, 0.2) is 5.82 Å². The van der Waals surface area contributed by atoms with Crippen LogP contribution in [-0.2, 0) is 24.4 Å². The van der Waals surface area contributed by atoms with Crippen LogP contribution in [-0.4, -0.2) is 49.5 Å². The number of phenols is 1. The van der Waals surface area contributed by atoms with Crippen LogP contribution in [0.1, 0.15) is 11.5 Å². The van der Waals surface area contributed by atoms with Crippen LogP contribution in [0.5, 0.6) is 5.75 Å². The number of benzene rings is 1. The van der Waals surface area contributed by atoms with E-state index in [2.05, 4.69) is 21.5 Å². The Kier molecular flexibility index (Phi) is 5.77. The van der Waals surface area contributed by atoms with E-state index < -0.39 is 28.8 Å². The summed E-state index contributed by atoms with van der Waals surface area (Å²) in [4.78, 5) is 27.8. The smallest absolute Gasteiger partial charge is 0.351 e. The SMILES string of the molecule is C=Cc1ncc2n1CCN(c1nc(=O)n(CCOC)c3nc(-c4c(O)cccc4F)c(F)cc13)C2. The predicted octanol–water partition coefficient (Wildman–Crippen LogP) is 2.95. The maximum absolute atomic E-state index is 15.4. The van der Waals surface area contributed by atoms with Gasteiger partial charge in [-0.3, -0.25) is 4.57 Å². The molecule has 0 bridgehead atoms. The fourth-order valence-electron chi connectivity index (χ4n) is 4.35.